The first-order valence-electron chi connectivity index (χ1n) is 14.7. The summed E-state index contributed by atoms with van der Waals surface area (Å²) in [5.41, 5.74) is 1.93. The van der Waals surface area contributed by atoms with Crippen molar-refractivity contribution >= 4 is 16.9 Å². The summed E-state index contributed by atoms with van der Waals surface area (Å²) in [5, 5.41) is 19.5. The first-order valence-corrected chi connectivity index (χ1v) is 14.7. The van der Waals surface area contributed by atoms with E-state index in [0.717, 1.165) is 54.9 Å². The molecule has 1 atom stereocenters. The Morgan fingerprint density at radius 2 is 1.64 bits per heavy atom. The minimum absolute atomic E-state index is 0.321. The van der Waals surface area contributed by atoms with Gasteiger partial charge in [0, 0.05) is 32.1 Å². The lowest BCUT2D eigenvalue weighted by Crippen LogP contribution is -2.21. The van der Waals surface area contributed by atoms with Crippen LogP contribution in [0.2, 0.25) is 0 Å². The standard InChI is InChI=1S/C30H49N5O/c1-4-5-6-7-8-9-10-11-12-13-14-21-34(3)29-22-28-27(23-32-29)33-30(24(2)36)35(28)26-17-15-25(16-18-26)19-20-31/h22-26,36H,4-19,21H2,1-3H3/t24-,25?,26?/m1/s1. The molecule has 36 heavy (non-hydrogen) atoms. The molecule has 1 N–H and O–H groups in total. The van der Waals surface area contributed by atoms with E-state index in [0.29, 0.717) is 18.4 Å². The van der Waals surface area contributed by atoms with Crippen LogP contribution in [0.3, 0.4) is 0 Å². The number of anilines is 1. The topological polar surface area (TPSA) is 78.0 Å². The summed E-state index contributed by atoms with van der Waals surface area (Å²) < 4.78 is 2.27. The third kappa shape index (κ3) is 8.20. The van der Waals surface area contributed by atoms with Gasteiger partial charge in [-0.25, -0.2) is 9.97 Å². The minimum Gasteiger partial charge on any atom is -0.385 e. The molecule has 0 unspecified atom stereocenters. The van der Waals surface area contributed by atoms with Crippen molar-refractivity contribution in [3.63, 3.8) is 0 Å². The van der Waals surface area contributed by atoms with Crippen molar-refractivity contribution in [2.75, 3.05) is 18.5 Å². The smallest absolute Gasteiger partial charge is 0.138 e. The first-order chi connectivity index (χ1) is 17.5. The zero-order valence-electron chi connectivity index (χ0n) is 23.1. The Morgan fingerprint density at radius 3 is 2.22 bits per heavy atom. The van der Waals surface area contributed by atoms with Gasteiger partial charge in [0.15, 0.2) is 0 Å². The number of pyridine rings is 1. The Hall–Kier alpha value is -2.13. The number of aromatic nitrogens is 3. The van der Waals surface area contributed by atoms with Gasteiger partial charge in [-0.15, -0.1) is 0 Å². The summed E-state index contributed by atoms with van der Waals surface area (Å²) in [6.45, 7) is 5.08. The lowest BCUT2D eigenvalue weighted by molar-refractivity contribution is 0.175. The third-order valence-electron chi connectivity index (χ3n) is 8.01. The molecule has 0 aliphatic heterocycles. The number of hydrogen-bond donors (Lipinski definition) is 1. The molecule has 3 rings (SSSR count). The Labute approximate surface area is 219 Å². The molecule has 1 saturated carbocycles. The highest BCUT2D eigenvalue weighted by molar-refractivity contribution is 5.78. The zero-order chi connectivity index (χ0) is 25.8. The molecule has 0 saturated heterocycles. The van der Waals surface area contributed by atoms with E-state index < -0.39 is 6.10 Å². The predicted molar refractivity (Wildman–Crippen MR) is 149 cm³/mol. The largest absolute Gasteiger partial charge is 0.385 e. The quantitative estimate of drug-likeness (QED) is 0.240. The maximum Gasteiger partial charge on any atom is 0.138 e. The summed E-state index contributed by atoms with van der Waals surface area (Å²) in [7, 11) is 2.13. The maximum absolute atomic E-state index is 10.5. The predicted octanol–water partition coefficient (Wildman–Crippen LogP) is 7.88. The van der Waals surface area contributed by atoms with Crippen LogP contribution < -0.4 is 4.90 Å². The molecule has 2 aromatic heterocycles. The van der Waals surface area contributed by atoms with E-state index in [9.17, 15) is 5.11 Å². The Bertz CT molecular complexity index is 939. The summed E-state index contributed by atoms with van der Waals surface area (Å²) in [6, 6.07) is 4.82. The third-order valence-corrected chi connectivity index (χ3v) is 8.01. The maximum atomic E-state index is 10.5. The molecule has 0 spiro atoms. The van der Waals surface area contributed by atoms with E-state index >= 15 is 0 Å². The lowest BCUT2D eigenvalue weighted by Gasteiger charge is -2.30. The second-order valence-corrected chi connectivity index (χ2v) is 11.0. The van der Waals surface area contributed by atoms with E-state index in [2.05, 4.69) is 35.6 Å². The van der Waals surface area contributed by atoms with Gasteiger partial charge in [-0.3, -0.25) is 0 Å². The van der Waals surface area contributed by atoms with E-state index in [1.807, 2.05) is 6.20 Å². The monoisotopic (exact) mass is 495 g/mol. The van der Waals surface area contributed by atoms with Crippen LogP contribution >= 0.6 is 0 Å². The van der Waals surface area contributed by atoms with Gasteiger partial charge in [-0.2, -0.15) is 5.26 Å². The zero-order valence-corrected chi connectivity index (χ0v) is 23.1. The number of aliphatic hydroxyl groups is 1. The molecule has 1 aliphatic carbocycles. The highest BCUT2D eigenvalue weighted by Gasteiger charge is 2.27. The van der Waals surface area contributed by atoms with Gasteiger partial charge in [-0.1, -0.05) is 71.1 Å². The number of imidazole rings is 1. The van der Waals surface area contributed by atoms with Crippen LogP contribution in [0.25, 0.3) is 11.0 Å². The van der Waals surface area contributed by atoms with E-state index in [1.54, 1.807) is 6.92 Å². The van der Waals surface area contributed by atoms with Crippen LogP contribution in [0.5, 0.6) is 0 Å². The van der Waals surface area contributed by atoms with Gasteiger partial charge in [0.25, 0.3) is 0 Å². The molecule has 0 radical (unpaired) electrons. The van der Waals surface area contributed by atoms with Gasteiger partial charge in [0.2, 0.25) is 0 Å². The number of hydrogen-bond acceptors (Lipinski definition) is 5. The number of fused-ring (bicyclic) bond motifs is 1. The number of rotatable bonds is 16. The molecule has 6 nitrogen and oxygen atoms in total. The molecule has 0 aromatic carbocycles. The van der Waals surface area contributed by atoms with Crippen molar-refractivity contribution in [1.82, 2.24) is 14.5 Å². The van der Waals surface area contributed by atoms with Crippen LogP contribution in [-0.4, -0.2) is 33.2 Å². The fourth-order valence-corrected chi connectivity index (χ4v) is 5.76. The Kier molecular flexibility index (Phi) is 12.0. The van der Waals surface area contributed by atoms with Gasteiger partial charge in [0.1, 0.15) is 23.3 Å². The minimum atomic E-state index is -0.619. The molecule has 2 heterocycles. The summed E-state index contributed by atoms with van der Waals surface area (Å²) in [4.78, 5) is 11.7. The SMILES string of the molecule is CCCCCCCCCCCCCN(C)c1cc2c(cn1)nc([C@@H](C)O)n2C1CCC(CC#N)CC1. The van der Waals surface area contributed by atoms with E-state index in [4.69, 9.17) is 15.2 Å². The van der Waals surface area contributed by atoms with Crippen LogP contribution in [-0.2, 0) is 0 Å². The van der Waals surface area contributed by atoms with Gasteiger partial charge in [0.05, 0.1) is 17.8 Å². The number of unbranched alkanes of at least 4 members (excludes halogenated alkanes) is 10. The second-order valence-electron chi connectivity index (χ2n) is 11.0. The first kappa shape index (κ1) is 28.4. The van der Waals surface area contributed by atoms with E-state index in [1.165, 1.54) is 70.6 Å². The van der Waals surface area contributed by atoms with E-state index in [-0.39, 0.29) is 0 Å². The van der Waals surface area contributed by atoms with Crippen LogP contribution in [0.15, 0.2) is 12.3 Å². The Morgan fingerprint density at radius 1 is 1.03 bits per heavy atom. The normalized spacial score (nSPS) is 18.9. The van der Waals surface area contributed by atoms with Crippen molar-refractivity contribution in [2.45, 2.75) is 129 Å². The van der Waals surface area contributed by atoms with Gasteiger partial charge < -0.3 is 14.6 Å². The van der Waals surface area contributed by atoms with Crippen LogP contribution in [0, 0.1) is 17.2 Å². The van der Waals surface area contributed by atoms with Crippen LogP contribution in [0.4, 0.5) is 5.82 Å². The highest BCUT2D eigenvalue weighted by Crippen LogP contribution is 2.38. The van der Waals surface area contributed by atoms with Crippen molar-refractivity contribution in [2.24, 2.45) is 5.92 Å². The molecule has 0 bridgehead atoms. The summed E-state index contributed by atoms with van der Waals surface area (Å²) in [5.74, 6) is 2.22. The molecule has 0 amide bonds. The molecular formula is C30H49N5O. The molecule has 1 fully saturated rings. The van der Waals surface area contributed by atoms with Crippen molar-refractivity contribution in [1.29, 1.82) is 5.26 Å². The van der Waals surface area contributed by atoms with Crippen molar-refractivity contribution in [3.05, 3.63) is 18.1 Å². The molecule has 200 valence electrons. The van der Waals surface area contributed by atoms with Crippen molar-refractivity contribution in [3.8, 4) is 6.07 Å². The lowest BCUT2D eigenvalue weighted by atomic mass is 9.84. The van der Waals surface area contributed by atoms with Crippen molar-refractivity contribution < 1.29 is 5.11 Å². The molecule has 1 aliphatic rings. The average molecular weight is 496 g/mol. The fraction of sp³-hybridized carbons (Fsp3) is 0.767. The van der Waals surface area contributed by atoms with Gasteiger partial charge in [-0.05, 0) is 44.9 Å². The average Bonchev–Trinajstić information content (AvgIpc) is 3.27. The van der Waals surface area contributed by atoms with Crippen LogP contribution in [0.1, 0.15) is 135 Å². The number of nitrogens with zero attached hydrogens (tertiary/aromatic N) is 5. The van der Waals surface area contributed by atoms with Gasteiger partial charge >= 0.3 is 0 Å². The number of nitriles is 1. The molecule has 6 heteroatoms. The highest BCUT2D eigenvalue weighted by atomic mass is 16.3. The molecule has 2 aromatic rings. The Balaban J connectivity index is 1.52. The molecular weight excluding hydrogens is 446 g/mol. The summed E-state index contributed by atoms with van der Waals surface area (Å²) >= 11 is 0. The summed E-state index contributed by atoms with van der Waals surface area (Å²) in [6.07, 6.45) is 21.0. The second kappa shape index (κ2) is 15.2. The number of aliphatic hydroxyl groups excluding tert-OH is 1. The fourth-order valence-electron chi connectivity index (χ4n) is 5.76.